The monoisotopic (exact) mass is 487 g/mol. The van der Waals surface area contributed by atoms with E-state index in [1.807, 2.05) is 54.8 Å². The van der Waals surface area contributed by atoms with E-state index in [0.29, 0.717) is 26.3 Å². The molecular formula is C23H16Cl3N3OS. The molecule has 2 N–H and O–H groups in total. The van der Waals surface area contributed by atoms with Crippen molar-refractivity contribution in [3.8, 4) is 11.3 Å². The summed E-state index contributed by atoms with van der Waals surface area (Å²) < 4.78 is 0. The summed E-state index contributed by atoms with van der Waals surface area (Å²) in [6, 6.07) is 18.0. The summed E-state index contributed by atoms with van der Waals surface area (Å²) in [4.78, 5) is 17.1. The van der Waals surface area contributed by atoms with Gasteiger partial charge in [0.1, 0.15) is 0 Å². The van der Waals surface area contributed by atoms with E-state index in [1.165, 1.54) is 11.3 Å². The van der Waals surface area contributed by atoms with Crippen LogP contribution in [0.25, 0.3) is 11.3 Å². The fraction of sp³-hybridized carbons (Fsp3) is 0.0435. The first kappa shape index (κ1) is 21.7. The molecule has 0 aliphatic carbocycles. The van der Waals surface area contributed by atoms with Gasteiger partial charge in [0.05, 0.1) is 15.7 Å². The molecule has 0 unspecified atom stereocenters. The number of hydrogen-bond donors (Lipinski definition) is 2. The molecule has 0 aliphatic rings. The predicted molar refractivity (Wildman–Crippen MR) is 131 cm³/mol. The number of aromatic nitrogens is 1. The van der Waals surface area contributed by atoms with E-state index in [1.54, 1.807) is 18.2 Å². The van der Waals surface area contributed by atoms with Crippen molar-refractivity contribution in [2.45, 2.75) is 6.92 Å². The molecule has 0 saturated heterocycles. The smallest absolute Gasteiger partial charge is 0.255 e. The van der Waals surface area contributed by atoms with Crippen molar-refractivity contribution in [3.05, 3.63) is 92.2 Å². The molecule has 4 rings (SSSR count). The average Bonchev–Trinajstić information content (AvgIpc) is 3.22. The van der Waals surface area contributed by atoms with Gasteiger partial charge in [0.25, 0.3) is 5.91 Å². The highest BCUT2D eigenvalue weighted by molar-refractivity contribution is 7.14. The van der Waals surface area contributed by atoms with E-state index in [-0.39, 0.29) is 5.91 Å². The van der Waals surface area contributed by atoms with Gasteiger partial charge < -0.3 is 10.6 Å². The third-order valence-electron chi connectivity index (χ3n) is 4.57. The zero-order valence-electron chi connectivity index (χ0n) is 16.2. The quantitative estimate of drug-likeness (QED) is 0.298. The van der Waals surface area contributed by atoms with Gasteiger partial charge in [0.15, 0.2) is 5.13 Å². The minimum Gasteiger partial charge on any atom is -0.331 e. The van der Waals surface area contributed by atoms with Crippen molar-refractivity contribution in [2.75, 3.05) is 10.6 Å². The second-order valence-electron chi connectivity index (χ2n) is 6.78. The van der Waals surface area contributed by atoms with Crippen LogP contribution in [0.15, 0.2) is 66.0 Å². The Morgan fingerprint density at radius 1 is 0.935 bits per heavy atom. The number of carbonyl (C=O) groups excluding carboxylic acids is 1. The Labute approximate surface area is 198 Å². The number of thiazole rings is 1. The van der Waals surface area contributed by atoms with Crippen molar-refractivity contribution in [3.63, 3.8) is 0 Å². The molecule has 156 valence electrons. The van der Waals surface area contributed by atoms with Crippen LogP contribution in [0.2, 0.25) is 15.1 Å². The van der Waals surface area contributed by atoms with E-state index in [4.69, 9.17) is 34.8 Å². The van der Waals surface area contributed by atoms with Crippen LogP contribution in [0.5, 0.6) is 0 Å². The van der Waals surface area contributed by atoms with Gasteiger partial charge in [0.2, 0.25) is 0 Å². The Morgan fingerprint density at radius 2 is 1.71 bits per heavy atom. The normalized spacial score (nSPS) is 10.7. The van der Waals surface area contributed by atoms with Crippen LogP contribution in [0, 0.1) is 6.92 Å². The highest BCUT2D eigenvalue weighted by Gasteiger charge is 2.10. The van der Waals surface area contributed by atoms with Crippen molar-refractivity contribution < 1.29 is 4.79 Å². The molecule has 0 atom stereocenters. The number of nitrogens with one attached hydrogen (secondary N) is 2. The fourth-order valence-electron chi connectivity index (χ4n) is 2.87. The number of amides is 1. The van der Waals surface area contributed by atoms with E-state index in [0.717, 1.165) is 27.6 Å². The minimum absolute atomic E-state index is 0.261. The number of nitrogens with zero attached hydrogens (tertiary/aromatic N) is 1. The molecule has 8 heteroatoms. The first-order valence-corrected chi connectivity index (χ1v) is 11.3. The van der Waals surface area contributed by atoms with Crippen molar-refractivity contribution in [2.24, 2.45) is 0 Å². The molecule has 1 heterocycles. The number of anilines is 3. The molecule has 31 heavy (non-hydrogen) atoms. The van der Waals surface area contributed by atoms with Crippen LogP contribution in [0.4, 0.5) is 16.5 Å². The van der Waals surface area contributed by atoms with Gasteiger partial charge in [-0.15, -0.1) is 11.3 Å². The molecule has 0 saturated carbocycles. The Hall–Kier alpha value is -2.57. The largest absolute Gasteiger partial charge is 0.331 e. The molecule has 3 aromatic carbocycles. The number of aryl methyl sites for hydroxylation is 1. The van der Waals surface area contributed by atoms with Crippen LogP contribution in [-0.2, 0) is 0 Å². The lowest BCUT2D eigenvalue weighted by Gasteiger charge is -2.07. The van der Waals surface area contributed by atoms with Crippen LogP contribution >= 0.6 is 46.1 Å². The SMILES string of the molecule is Cc1ccc(Cl)cc1Nc1nc(-c2ccc(NC(=O)c3ccc(Cl)c(Cl)c3)cc2)cs1. The molecule has 1 amide bonds. The molecule has 0 spiro atoms. The molecule has 0 fully saturated rings. The Balaban J connectivity index is 1.45. The summed E-state index contributed by atoms with van der Waals surface area (Å²) >= 11 is 19.5. The van der Waals surface area contributed by atoms with Crippen molar-refractivity contribution >= 4 is 68.6 Å². The average molecular weight is 489 g/mol. The number of rotatable bonds is 5. The fourth-order valence-corrected chi connectivity index (χ4v) is 4.07. The first-order chi connectivity index (χ1) is 14.9. The number of carbonyl (C=O) groups is 1. The maximum Gasteiger partial charge on any atom is 0.255 e. The predicted octanol–water partition coefficient (Wildman–Crippen LogP) is 8.07. The van der Waals surface area contributed by atoms with Crippen LogP contribution < -0.4 is 10.6 Å². The summed E-state index contributed by atoms with van der Waals surface area (Å²) in [6.45, 7) is 2.01. The molecule has 4 nitrogen and oxygen atoms in total. The summed E-state index contributed by atoms with van der Waals surface area (Å²) in [5, 5.41) is 10.3. The highest BCUT2D eigenvalue weighted by Crippen LogP contribution is 2.30. The number of hydrogen-bond acceptors (Lipinski definition) is 4. The third kappa shape index (κ3) is 5.20. The lowest BCUT2D eigenvalue weighted by molar-refractivity contribution is 0.102. The lowest BCUT2D eigenvalue weighted by atomic mass is 10.1. The maximum absolute atomic E-state index is 12.4. The molecule has 4 aromatic rings. The standard InChI is InChI=1S/C23H16Cl3N3OS/c1-13-2-6-16(24)11-20(13)28-23-29-21(12-31-23)14-3-7-17(8-4-14)27-22(30)15-5-9-18(25)19(26)10-15/h2-12H,1H3,(H,27,30)(H,28,29). The second-order valence-corrected chi connectivity index (χ2v) is 8.89. The minimum atomic E-state index is -0.261. The van der Waals surface area contributed by atoms with Gasteiger partial charge in [-0.3, -0.25) is 4.79 Å². The lowest BCUT2D eigenvalue weighted by Crippen LogP contribution is -2.11. The van der Waals surface area contributed by atoms with Gasteiger partial charge in [-0.05, 0) is 55.0 Å². The van der Waals surface area contributed by atoms with Gasteiger partial charge in [-0.25, -0.2) is 4.98 Å². The van der Waals surface area contributed by atoms with E-state index in [9.17, 15) is 4.79 Å². The van der Waals surface area contributed by atoms with Gasteiger partial charge in [-0.2, -0.15) is 0 Å². The van der Waals surface area contributed by atoms with Crippen LogP contribution in [0.1, 0.15) is 15.9 Å². The zero-order chi connectivity index (χ0) is 22.0. The van der Waals surface area contributed by atoms with Gasteiger partial charge in [0, 0.05) is 32.9 Å². The zero-order valence-corrected chi connectivity index (χ0v) is 19.3. The first-order valence-electron chi connectivity index (χ1n) is 9.24. The van der Waals surface area contributed by atoms with Gasteiger partial charge >= 0.3 is 0 Å². The topological polar surface area (TPSA) is 54.0 Å². The van der Waals surface area contributed by atoms with Crippen LogP contribution in [-0.4, -0.2) is 10.9 Å². The summed E-state index contributed by atoms with van der Waals surface area (Å²) in [7, 11) is 0. The summed E-state index contributed by atoms with van der Waals surface area (Å²) in [5.41, 5.74) is 4.90. The molecule has 0 aliphatic heterocycles. The summed E-state index contributed by atoms with van der Waals surface area (Å²) in [6.07, 6.45) is 0. The molecule has 0 radical (unpaired) electrons. The van der Waals surface area contributed by atoms with E-state index >= 15 is 0 Å². The molecule has 1 aromatic heterocycles. The van der Waals surface area contributed by atoms with Crippen molar-refractivity contribution in [1.82, 2.24) is 4.98 Å². The van der Waals surface area contributed by atoms with Gasteiger partial charge in [-0.1, -0.05) is 53.0 Å². The van der Waals surface area contributed by atoms with E-state index in [2.05, 4.69) is 15.6 Å². The molecular weight excluding hydrogens is 473 g/mol. The Kier molecular flexibility index (Phi) is 6.49. The Bertz CT molecular complexity index is 1260. The number of halogens is 3. The van der Waals surface area contributed by atoms with E-state index < -0.39 is 0 Å². The maximum atomic E-state index is 12.4. The summed E-state index contributed by atoms with van der Waals surface area (Å²) in [5.74, 6) is -0.261. The third-order valence-corrected chi connectivity index (χ3v) is 6.30. The van der Waals surface area contributed by atoms with Crippen molar-refractivity contribution in [1.29, 1.82) is 0 Å². The Morgan fingerprint density at radius 3 is 2.45 bits per heavy atom. The highest BCUT2D eigenvalue weighted by atomic mass is 35.5. The van der Waals surface area contributed by atoms with Crippen LogP contribution in [0.3, 0.4) is 0 Å². The molecule has 0 bridgehead atoms. The number of benzene rings is 3. The second kappa shape index (κ2) is 9.28.